The topological polar surface area (TPSA) is 103 Å². The summed E-state index contributed by atoms with van der Waals surface area (Å²) in [7, 11) is 0. The summed E-state index contributed by atoms with van der Waals surface area (Å²) in [5.74, 6) is -0.544. The molecule has 0 fully saturated rings. The molecule has 8 nitrogen and oxygen atoms in total. The van der Waals surface area contributed by atoms with Gasteiger partial charge in [-0.25, -0.2) is 9.67 Å². The molecule has 0 bridgehead atoms. The number of carbonyl (C=O) groups is 1. The van der Waals surface area contributed by atoms with Gasteiger partial charge in [0.25, 0.3) is 11.6 Å². The van der Waals surface area contributed by atoms with E-state index in [0.717, 1.165) is 6.07 Å². The van der Waals surface area contributed by atoms with E-state index in [-0.39, 0.29) is 22.0 Å². The van der Waals surface area contributed by atoms with Crippen LogP contribution in [0.15, 0.2) is 49.1 Å². The van der Waals surface area contributed by atoms with Gasteiger partial charge in [-0.3, -0.25) is 14.9 Å². The summed E-state index contributed by atoms with van der Waals surface area (Å²) >= 11 is 11.8. The molecule has 0 aliphatic carbocycles. The van der Waals surface area contributed by atoms with E-state index in [1.165, 1.54) is 35.5 Å². The van der Waals surface area contributed by atoms with Crippen LogP contribution in [0.1, 0.15) is 10.4 Å². The van der Waals surface area contributed by atoms with Crippen LogP contribution < -0.4 is 5.32 Å². The highest BCUT2D eigenvalue weighted by atomic mass is 35.5. The molecule has 3 rings (SSSR count). The number of benzene rings is 2. The molecule has 1 aromatic heterocycles. The van der Waals surface area contributed by atoms with Gasteiger partial charge in [0.2, 0.25) is 0 Å². The Kier molecular flexibility index (Phi) is 4.64. The van der Waals surface area contributed by atoms with Gasteiger partial charge in [-0.05, 0) is 30.3 Å². The highest BCUT2D eigenvalue weighted by Gasteiger charge is 2.20. The smallest absolute Gasteiger partial charge is 0.295 e. The quantitative estimate of drug-likeness (QED) is 0.550. The third-order valence-electron chi connectivity index (χ3n) is 3.28. The van der Waals surface area contributed by atoms with Crippen LogP contribution in [0.4, 0.5) is 11.4 Å². The van der Waals surface area contributed by atoms with Crippen molar-refractivity contribution in [3.63, 3.8) is 0 Å². The minimum absolute atomic E-state index is 0.0987. The van der Waals surface area contributed by atoms with E-state index in [9.17, 15) is 14.9 Å². The second-order valence-corrected chi connectivity index (χ2v) is 5.72. The molecule has 126 valence electrons. The van der Waals surface area contributed by atoms with Gasteiger partial charge < -0.3 is 5.32 Å². The summed E-state index contributed by atoms with van der Waals surface area (Å²) in [6.07, 6.45) is 2.59. The minimum atomic E-state index is -0.594. The van der Waals surface area contributed by atoms with Crippen molar-refractivity contribution >= 4 is 40.5 Å². The van der Waals surface area contributed by atoms with Crippen molar-refractivity contribution in [3.8, 4) is 5.69 Å². The van der Waals surface area contributed by atoms with Crippen molar-refractivity contribution in [2.75, 3.05) is 5.32 Å². The molecule has 0 saturated carbocycles. The number of hydrogen-bond donors (Lipinski definition) is 1. The molecular weight excluding hydrogens is 369 g/mol. The van der Waals surface area contributed by atoms with Crippen molar-refractivity contribution in [3.05, 3.63) is 74.8 Å². The zero-order valence-corrected chi connectivity index (χ0v) is 13.9. The number of nitrogens with one attached hydrogen (secondary N) is 1. The lowest BCUT2D eigenvalue weighted by molar-refractivity contribution is -0.384. The number of carbonyl (C=O) groups excluding carboxylic acids is 1. The van der Waals surface area contributed by atoms with E-state index in [2.05, 4.69) is 15.4 Å². The van der Waals surface area contributed by atoms with Crippen LogP contribution in [0.3, 0.4) is 0 Å². The maximum absolute atomic E-state index is 12.4. The second kappa shape index (κ2) is 6.88. The molecule has 0 unspecified atom stereocenters. The lowest BCUT2D eigenvalue weighted by Gasteiger charge is -2.09. The van der Waals surface area contributed by atoms with Crippen LogP contribution in [0, 0.1) is 10.1 Å². The fourth-order valence-corrected chi connectivity index (χ4v) is 2.58. The molecule has 0 aliphatic heterocycles. The largest absolute Gasteiger partial charge is 0.321 e. The molecule has 1 N–H and O–H groups in total. The summed E-state index contributed by atoms with van der Waals surface area (Å²) in [4.78, 5) is 26.8. The highest BCUT2D eigenvalue weighted by molar-refractivity contribution is 6.36. The Balaban J connectivity index is 1.93. The Morgan fingerprint density at radius 3 is 2.64 bits per heavy atom. The van der Waals surface area contributed by atoms with Crippen LogP contribution >= 0.6 is 23.2 Å². The molecule has 0 aliphatic rings. The molecule has 3 aromatic rings. The predicted molar refractivity (Wildman–Crippen MR) is 92.4 cm³/mol. The van der Waals surface area contributed by atoms with Crippen LogP contribution in [-0.4, -0.2) is 25.6 Å². The van der Waals surface area contributed by atoms with Gasteiger partial charge >= 0.3 is 0 Å². The molecule has 0 radical (unpaired) electrons. The predicted octanol–water partition coefficient (Wildman–Crippen LogP) is 3.73. The average molecular weight is 378 g/mol. The number of nitrogens with zero attached hydrogens (tertiary/aromatic N) is 4. The molecule has 1 heterocycles. The van der Waals surface area contributed by atoms with Crippen LogP contribution in [0.5, 0.6) is 0 Å². The third-order valence-corrected chi connectivity index (χ3v) is 3.83. The van der Waals surface area contributed by atoms with Crippen molar-refractivity contribution in [1.82, 2.24) is 14.8 Å². The summed E-state index contributed by atoms with van der Waals surface area (Å²) < 4.78 is 1.25. The zero-order valence-electron chi connectivity index (χ0n) is 12.4. The molecule has 25 heavy (non-hydrogen) atoms. The zero-order chi connectivity index (χ0) is 18.0. The number of hydrogen-bond acceptors (Lipinski definition) is 5. The fraction of sp³-hybridized carbons (Fsp3) is 0. The Labute approximate surface area is 151 Å². The summed E-state index contributed by atoms with van der Waals surface area (Å²) in [5.41, 5.74) is 0.365. The standard InChI is InChI=1S/C15H9Cl2N5O3/c16-10-2-3-12(11(17)6-10)20-15(23)9-1-4-13(14(5-9)22(24)25)21-8-18-7-19-21/h1-8H,(H,20,23). The average Bonchev–Trinajstić information content (AvgIpc) is 3.11. The number of halogens is 2. The highest BCUT2D eigenvalue weighted by Crippen LogP contribution is 2.27. The van der Waals surface area contributed by atoms with Crippen LogP contribution in [0.25, 0.3) is 5.69 Å². The number of amides is 1. The summed E-state index contributed by atoms with van der Waals surface area (Å²) in [5, 5.41) is 18.5. The molecule has 0 saturated heterocycles. The van der Waals surface area contributed by atoms with E-state index in [1.54, 1.807) is 12.1 Å². The minimum Gasteiger partial charge on any atom is -0.321 e. The van der Waals surface area contributed by atoms with Gasteiger partial charge in [-0.1, -0.05) is 23.2 Å². The van der Waals surface area contributed by atoms with Gasteiger partial charge in [0, 0.05) is 16.7 Å². The number of nitro groups is 1. The van der Waals surface area contributed by atoms with E-state index >= 15 is 0 Å². The Morgan fingerprint density at radius 1 is 1.20 bits per heavy atom. The Hall–Kier alpha value is -2.97. The van der Waals surface area contributed by atoms with E-state index in [4.69, 9.17) is 23.2 Å². The fourth-order valence-electron chi connectivity index (χ4n) is 2.12. The van der Waals surface area contributed by atoms with Gasteiger partial charge in [0.1, 0.15) is 18.3 Å². The molecule has 2 aromatic carbocycles. The normalized spacial score (nSPS) is 10.5. The van der Waals surface area contributed by atoms with Crippen molar-refractivity contribution < 1.29 is 9.72 Å². The maximum Gasteiger partial charge on any atom is 0.295 e. The van der Waals surface area contributed by atoms with Crippen LogP contribution in [-0.2, 0) is 0 Å². The van der Waals surface area contributed by atoms with Crippen molar-refractivity contribution in [2.45, 2.75) is 0 Å². The number of rotatable bonds is 4. The monoisotopic (exact) mass is 377 g/mol. The summed E-state index contributed by atoms with van der Waals surface area (Å²) in [6.45, 7) is 0. The van der Waals surface area contributed by atoms with E-state index in [1.807, 2.05) is 0 Å². The summed E-state index contributed by atoms with van der Waals surface area (Å²) in [6, 6.07) is 8.62. The molecule has 0 spiro atoms. The second-order valence-electron chi connectivity index (χ2n) is 4.88. The van der Waals surface area contributed by atoms with Crippen LogP contribution in [0.2, 0.25) is 10.0 Å². The van der Waals surface area contributed by atoms with E-state index < -0.39 is 10.8 Å². The lowest BCUT2D eigenvalue weighted by Crippen LogP contribution is -2.13. The Bertz CT molecular complexity index is 960. The number of aromatic nitrogens is 3. The first-order chi connectivity index (χ1) is 12.0. The van der Waals surface area contributed by atoms with Crippen molar-refractivity contribution in [1.29, 1.82) is 0 Å². The van der Waals surface area contributed by atoms with Gasteiger partial charge in [-0.15, -0.1) is 0 Å². The SMILES string of the molecule is O=C(Nc1ccc(Cl)cc1Cl)c1ccc(-n2cncn2)c([N+](=O)[O-])c1. The first-order valence-corrected chi connectivity index (χ1v) is 7.61. The first-order valence-electron chi connectivity index (χ1n) is 6.85. The van der Waals surface area contributed by atoms with Gasteiger partial charge in [0.15, 0.2) is 0 Å². The van der Waals surface area contributed by atoms with E-state index in [0.29, 0.717) is 10.7 Å². The molecule has 10 heteroatoms. The molecule has 0 atom stereocenters. The van der Waals surface area contributed by atoms with Gasteiger partial charge in [-0.2, -0.15) is 5.10 Å². The lowest BCUT2D eigenvalue weighted by atomic mass is 10.1. The van der Waals surface area contributed by atoms with Gasteiger partial charge in [0.05, 0.1) is 15.6 Å². The maximum atomic E-state index is 12.4. The third kappa shape index (κ3) is 3.59. The van der Waals surface area contributed by atoms with Crippen molar-refractivity contribution in [2.24, 2.45) is 0 Å². The molecule has 1 amide bonds. The first kappa shape index (κ1) is 16.9. The number of nitro benzene ring substituents is 1. The number of anilines is 1. The molecular formula is C15H9Cl2N5O3. The Morgan fingerprint density at radius 2 is 2.00 bits per heavy atom.